The Labute approximate surface area is 187 Å². The van der Waals surface area contributed by atoms with Crippen LogP contribution in [0.15, 0.2) is 48.5 Å². The van der Waals surface area contributed by atoms with E-state index in [2.05, 4.69) is 32.5 Å². The first-order valence-electron chi connectivity index (χ1n) is 10.6. The molecule has 1 aromatic heterocycles. The van der Waals surface area contributed by atoms with Crippen molar-refractivity contribution in [1.82, 2.24) is 15.5 Å². The number of anilines is 1. The van der Waals surface area contributed by atoms with Gasteiger partial charge in [-0.25, -0.2) is 0 Å². The molecule has 168 valence electrons. The number of para-hydroxylation sites is 1. The number of ether oxygens (including phenoxy) is 3. The van der Waals surface area contributed by atoms with Crippen molar-refractivity contribution >= 4 is 11.6 Å². The maximum absolute atomic E-state index is 12.8. The van der Waals surface area contributed by atoms with Gasteiger partial charge >= 0.3 is 0 Å². The summed E-state index contributed by atoms with van der Waals surface area (Å²) < 4.78 is 16.2. The van der Waals surface area contributed by atoms with Gasteiger partial charge in [-0.15, -0.1) is 0 Å². The van der Waals surface area contributed by atoms with E-state index in [-0.39, 0.29) is 11.9 Å². The summed E-state index contributed by atoms with van der Waals surface area (Å²) in [6.07, 6.45) is 2.17. The highest BCUT2D eigenvalue weighted by Gasteiger charge is 2.25. The Kier molecular flexibility index (Phi) is 6.49. The van der Waals surface area contributed by atoms with Gasteiger partial charge in [0.1, 0.15) is 5.69 Å². The summed E-state index contributed by atoms with van der Waals surface area (Å²) in [4.78, 5) is 15.1. The smallest absolute Gasteiger partial charge is 0.269 e. The molecule has 2 aromatic carbocycles. The number of carbonyl (C=O) groups excluding carboxylic acids is 1. The monoisotopic (exact) mass is 436 g/mol. The maximum atomic E-state index is 12.8. The number of aromatic nitrogens is 2. The van der Waals surface area contributed by atoms with E-state index >= 15 is 0 Å². The molecule has 0 unspecified atom stereocenters. The number of nitrogens with one attached hydrogen (secondary N) is 2. The zero-order valence-electron chi connectivity index (χ0n) is 18.6. The number of nitrogens with zero attached hydrogens (tertiary/aromatic N) is 2. The molecule has 4 rings (SSSR count). The van der Waals surface area contributed by atoms with Crippen LogP contribution >= 0.6 is 0 Å². The molecule has 0 saturated carbocycles. The molecule has 0 aliphatic carbocycles. The molecule has 1 aliphatic rings. The molecule has 3 aromatic rings. The highest BCUT2D eigenvalue weighted by molar-refractivity contribution is 5.93. The third-order valence-electron chi connectivity index (χ3n) is 5.75. The minimum Gasteiger partial charge on any atom is -0.493 e. The zero-order chi connectivity index (χ0) is 22.5. The lowest BCUT2D eigenvalue weighted by molar-refractivity contribution is 0.0946. The quantitative estimate of drug-likeness (QED) is 0.562. The second kappa shape index (κ2) is 9.64. The van der Waals surface area contributed by atoms with Gasteiger partial charge < -0.3 is 24.4 Å². The van der Waals surface area contributed by atoms with E-state index in [0.29, 0.717) is 35.2 Å². The number of rotatable bonds is 8. The lowest BCUT2D eigenvalue weighted by atomic mass is 10.1. The first-order chi connectivity index (χ1) is 15.6. The fraction of sp³-hybridized carbons (Fsp3) is 0.333. The molecule has 0 bridgehead atoms. The Morgan fingerprint density at radius 2 is 1.81 bits per heavy atom. The van der Waals surface area contributed by atoms with Crippen LogP contribution in [0.5, 0.6) is 17.2 Å². The van der Waals surface area contributed by atoms with E-state index < -0.39 is 0 Å². The molecule has 1 fully saturated rings. The van der Waals surface area contributed by atoms with Crippen LogP contribution in [0.3, 0.4) is 0 Å². The topological polar surface area (TPSA) is 88.7 Å². The maximum Gasteiger partial charge on any atom is 0.269 e. The number of H-pyrrole nitrogens is 1. The second-order valence-electron chi connectivity index (χ2n) is 7.62. The number of hydrogen-bond acceptors (Lipinski definition) is 6. The van der Waals surface area contributed by atoms with Crippen molar-refractivity contribution in [2.75, 3.05) is 39.3 Å². The molecular weight excluding hydrogens is 408 g/mol. The number of carbonyl (C=O) groups is 1. The van der Waals surface area contributed by atoms with Gasteiger partial charge in [0.2, 0.25) is 5.75 Å². The van der Waals surface area contributed by atoms with Crippen molar-refractivity contribution in [2.24, 2.45) is 0 Å². The average Bonchev–Trinajstić information content (AvgIpc) is 3.52. The fourth-order valence-electron chi connectivity index (χ4n) is 4.13. The van der Waals surface area contributed by atoms with Crippen LogP contribution in [0.1, 0.15) is 23.3 Å². The standard InChI is InChI=1S/C24H28N4O4/c1-30-21-12-16(13-22(31-2)23(21)32-3)19-14-20(27-26-19)24(29)25-15-18-10-7-11-28(18)17-8-5-4-6-9-17/h4-6,8-9,12-14,18H,7,10-11,15H2,1-3H3,(H,25,29)(H,26,27)/t18-/m1/s1. The predicted molar refractivity (Wildman–Crippen MR) is 123 cm³/mol. The molecule has 32 heavy (non-hydrogen) atoms. The van der Waals surface area contributed by atoms with E-state index in [0.717, 1.165) is 24.9 Å². The van der Waals surface area contributed by atoms with Crippen molar-refractivity contribution in [3.05, 3.63) is 54.2 Å². The summed E-state index contributed by atoms with van der Waals surface area (Å²) in [7, 11) is 4.68. The van der Waals surface area contributed by atoms with Gasteiger partial charge in [0.25, 0.3) is 5.91 Å². The Bertz CT molecular complexity index is 1040. The van der Waals surface area contributed by atoms with Crippen LogP contribution in [-0.2, 0) is 0 Å². The van der Waals surface area contributed by atoms with Crippen LogP contribution in [0.25, 0.3) is 11.3 Å². The van der Waals surface area contributed by atoms with Crippen LogP contribution < -0.4 is 24.4 Å². The SMILES string of the molecule is COc1cc(-c2cc(C(=O)NC[C@H]3CCCN3c3ccccc3)[nH]n2)cc(OC)c1OC. The number of benzene rings is 2. The van der Waals surface area contributed by atoms with E-state index in [1.54, 1.807) is 39.5 Å². The summed E-state index contributed by atoms with van der Waals surface area (Å²) >= 11 is 0. The van der Waals surface area contributed by atoms with E-state index in [4.69, 9.17) is 14.2 Å². The van der Waals surface area contributed by atoms with E-state index in [9.17, 15) is 4.79 Å². The Hall–Kier alpha value is -3.68. The van der Waals surface area contributed by atoms with Gasteiger partial charge in [0.05, 0.1) is 27.0 Å². The summed E-state index contributed by atoms with van der Waals surface area (Å²) in [6.45, 7) is 1.58. The van der Waals surface area contributed by atoms with Crippen LogP contribution in [0, 0.1) is 0 Å². The van der Waals surface area contributed by atoms with Gasteiger partial charge in [-0.2, -0.15) is 5.10 Å². The number of amides is 1. The molecule has 1 saturated heterocycles. The van der Waals surface area contributed by atoms with Crippen molar-refractivity contribution < 1.29 is 19.0 Å². The van der Waals surface area contributed by atoms with Crippen LogP contribution in [0.4, 0.5) is 5.69 Å². The Morgan fingerprint density at radius 3 is 2.47 bits per heavy atom. The average molecular weight is 437 g/mol. The largest absolute Gasteiger partial charge is 0.493 e. The van der Waals surface area contributed by atoms with Gasteiger partial charge in [-0.05, 0) is 43.2 Å². The minimum absolute atomic E-state index is 0.184. The number of hydrogen-bond donors (Lipinski definition) is 2. The van der Waals surface area contributed by atoms with E-state index in [1.807, 2.05) is 18.2 Å². The summed E-state index contributed by atoms with van der Waals surface area (Å²) in [5.41, 5.74) is 2.95. The zero-order valence-corrected chi connectivity index (χ0v) is 18.6. The molecule has 8 heteroatoms. The predicted octanol–water partition coefficient (Wildman–Crippen LogP) is 3.50. The summed E-state index contributed by atoms with van der Waals surface area (Å²) in [5.74, 6) is 1.37. The number of aromatic amines is 1. The van der Waals surface area contributed by atoms with Crippen LogP contribution in [-0.4, -0.2) is 56.6 Å². The van der Waals surface area contributed by atoms with E-state index in [1.165, 1.54) is 5.69 Å². The minimum atomic E-state index is -0.184. The molecule has 1 atom stereocenters. The fourth-order valence-corrected chi connectivity index (χ4v) is 4.13. The normalized spacial score (nSPS) is 15.5. The summed E-state index contributed by atoms with van der Waals surface area (Å²) in [5, 5.41) is 10.2. The lowest BCUT2D eigenvalue weighted by Gasteiger charge is -2.27. The highest BCUT2D eigenvalue weighted by atomic mass is 16.5. The van der Waals surface area contributed by atoms with Crippen molar-refractivity contribution in [3.63, 3.8) is 0 Å². The lowest BCUT2D eigenvalue weighted by Crippen LogP contribution is -2.40. The number of methoxy groups -OCH3 is 3. The highest BCUT2D eigenvalue weighted by Crippen LogP contribution is 2.40. The van der Waals surface area contributed by atoms with Gasteiger partial charge in [-0.1, -0.05) is 18.2 Å². The second-order valence-corrected chi connectivity index (χ2v) is 7.62. The molecule has 2 N–H and O–H groups in total. The molecular formula is C24H28N4O4. The van der Waals surface area contributed by atoms with Gasteiger partial charge in [-0.3, -0.25) is 9.89 Å². The third-order valence-corrected chi connectivity index (χ3v) is 5.75. The Balaban J connectivity index is 1.45. The Morgan fingerprint density at radius 1 is 1.09 bits per heavy atom. The molecule has 1 amide bonds. The molecule has 2 heterocycles. The van der Waals surface area contributed by atoms with Crippen molar-refractivity contribution in [1.29, 1.82) is 0 Å². The first-order valence-corrected chi connectivity index (χ1v) is 10.6. The first kappa shape index (κ1) is 21.5. The van der Waals surface area contributed by atoms with Crippen LogP contribution in [0.2, 0.25) is 0 Å². The third kappa shape index (κ3) is 4.34. The van der Waals surface area contributed by atoms with Gasteiger partial charge in [0, 0.05) is 30.4 Å². The molecule has 0 spiro atoms. The molecule has 8 nitrogen and oxygen atoms in total. The van der Waals surface area contributed by atoms with Gasteiger partial charge in [0.15, 0.2) is 11.5 Å². The van der Waals surface area contributed by atoms with Crippen molar-refractivity contribution in [3.8, 4) is 28.5 Å². The molecule has 1 aliphatic heterocycles. The van der Waals surface area contributed by atoms with Crippen molar-refractivity contribution in [2.45, 2.75) is 18.9 Å². The summed E-state index contributed by atoms with van der Waals surface area (Å²) in [6, 6.07) is 15.9. The molecule has 0 radical (unpaired) electrons.